The lowest BCUT2D eigenvalue weighted by molar-refractivity contribution is -0.136. The minimum atomic E-state index is -0.943. The van der Waals surface area contributed by atoms with Crippen molar-refractivity contribution in [2.45, 2.75) is 19.4 Å². The molecule has 0 radical (unpaired) electrons. The average molecular weight is 266 g/mol. The van der Waals surface area contributed by atoms with Crippen LogP contribution in [0.25, 0.3) is 0 Å². The van der Waals surface area contributed by atoms with E-state index in [1.807, 2.05) is 37.3 Å². The highest BCUT2D eigenvalue weighted by Crippen LogP contribution is 2.10. The van der Waals surface area contributed by atoms with Gasteiger partial charge in [0.05, 0.1) is 13.0 Å². The third-order valence-corrected chi connectivity index (χ3v) is 2.25. The molecule has 0 spiro atoms. The van der Waals surface area contributed by atoms with Gasteiger partial charge < -0.3 is 20.5 Å². The van der Waals surface area contributed by atoms with Crippen molar-refractivity contribution in [3.05, 3.63) is 30.3 Å². The normalized spacial score (nSPS) is 11.4. The van der Waals surface area contributed by atoms with E-state index < -0.39 is 12.0 Å². The summed E-state index contributed by atoms with van der Waals surface area (Å²) < 4.78 is 5.57. The van der Waals surface area contributed by atoms with E-state index in [-0.39, 0.29) is 19.1 Å². The van der Waals surface area contributed by atoms with E-state index in [1.165, 1.54) is 0 Å². The molecule has 104 valence electrons. The minimum absolute atomic E-state index is 0.0938. The Bertz CT molecular complexity index is 408. The van der Waals surface area contributed by atoms with Crippen LogP contribution < -0.4 is 15.4 Å². The Morgan fingerprint density at radius 1 is 1.26 bits per heavy atom. The Balaban J connectivity index is 2.17. The number of benzene rings is 1. The van der Waals surface area contributed by atoms with Gasteiger partial charge in [-0.25, -0.2) is 4.79 Å². The van der Waals surface area contributed by atoms with Crippen LogP contribution in [0.3, 0.4) is 0 Å². The molecule has 0 saturated heterocycles. The third kappa shape index (κ3) is 6.92. The number of carbonyl (C=O) groups excluding carboxylic acids is 1. The van der Waals surface area contributed by atoms with Gasteiger partial charge in [0.2, 0.25) is 0 Å². The maximum absolute atomic E-state index is 11.3. The number of para-hydroxylation sites is 1. The Morgan fingerprint density at radius 3 is 2.58 bits per heavy atom. The number of hydrogen-bond acceptors (Lipinski definition) is 3. The number of carboxylic acid groups (broad SMARTS) is 1. The van der Waals surface area contributed by atoms with E-state index in [9.17, 15) is 9.59 Å². The number of hydrogen-bond donors (Lipinski definition) is 3. The topological polar surface area (TPSA) is 87.7 Å². The van der Waals surface area contributed by atoms with Gasteiger partial charge in [0.15, 0.2) is 0 Å². The molecule has 6 nitrogen and oxygen atoms in total. The molecule has 0 aliphatic heterocycles. The lowest BCUT2D eigenvalue weighted by Gasteiger charge is -2.15. The number of aliphatic carboxylic acids is 1. The quantitative estimate of drug-likeness (QED) is 0.692. The second kappa shape index (κ2) is 7.97. The summed E-state index contributed by atoms with van der Waals surface area (Å²) in [5.41, 5.74) is 0. The second-order valence-electron chi connectivity index (χ2n) is 4.02. The molecule has 19 heavy (non-hydrogen) atoms. The van der Waals surface area contributed by atoms with Crippen LogP contribution >= 0.6 is 0 Å². The van der Waals surface area contributed by atoms with E-state index in [2.05, 4.69) is 10.6 Å². The summed E-state index contributed by atoms with van der Waals surface area (Å²) in [4.78, 5) is 21.6. The highest BCUT2D eigenvalue weighted by Gasteiger charge is 2.06. The van der Waals surface area contributed by atoms with Crippen molar-refractivity contribution in [2.75, 3.05) is 13.1 Å². The van der Waals surface area contributed by atoms with Gasteiger partial charge in [0.25, 0.3) is 0 Å². The maximum atomic E-state index is 11.3. The van der Waals surface area contributed by atoms with E-state index in [0.717, 1.165) is 5.75 Å². The summed E-state index contributed by atoms with van der Waals surface area (Å²) >= 11 is 0. The summed E-state index contributed by atoms with van der Waals surface area (Å²) in [6.45, 7) is 2.29. The fourth-order valence-corrected chi connectivity index (χ4v) is 1.35. The SMILES string of the molecule is CC(CNC(=O)NCCC(=O)O)Oc1ccccc1. The Hall–Kier alpha value is -2.24. The molecule has 3 N–H and O–H groups in total. The first-order valence-corrected chi connectivity index (χ1v) is 6.03. The van der Waals surface area contributed by atoms with Crippen molar-refractivity contribution in [3.63, 3.8) is 0 Å². The summed E-state index contributed by atoms with van der Waals surface area (Å²) in [6.07, 6.45) is -0.267. The Labute approximate surface area is 111 Å². The fourth-order valence-electron chi connectivity index (χ4n) is 1.35. The lowest BCUT2D eigenvalue weighted by atomic mass is 10.3. The first-order chi connectivity index (χ1) is 9.08. The maximum Gasteiger partial charge on any atom is 0.314 e. The molecule has 0 aliphatic rings. The van der Waals surface area contributed by atoms with Crippen molar-refractivity contribution in [1.29, 1.82) is 0 Å². The molecule has 1 unspecified atom stereocenters. The summed E-state index contributed by atoms with van der Waals surface area (Å²) in [6, 6.07) is 8.91. The van der Waals surface area contributed by atoms with Gasteiger partial charge in [0.1, 0.15) is 11.9 Å². The molecule has 2 amide bonds. The van der Waals surface area contributed by atoms with Gasteiger partial charge in [-0.05, 0) is 19.1 Å². The molecule has 1 aromatic rings. The molecule has 1 rings (SSSR count). The van der Waals surface area contributed by atoms with Crippen LogP contribution in [0, 0.1) is 0 Å². The van der Waals surface area contributed by atoms with E-state index >= 15 is 0 Å². The zero-order valence-electron chi connectivity index (χ0n) is 10.8. The van der Waals surface area contributed by atoms with Crippen LogP contribution in [-0.4, -0.2) is 36.3 Å². The molecular weight excluding hydrogens is 248 g/mol. The zero-order chi connectivity index (χ0) is 14.1. The van der Waals surface area contributed by atoms with E-state index in [1.54, 1.807) is 0 Å². The molecule has 0 heterocycles. The number of ether oxygens (including phenoxy) is 1. The zero-order valence-corrected chi connectivity index (χ0v) is 10.8. The molecule has 0 aliphatic carbocycles. The van der Waals surface area contributed by atoms with Crippen molar-refractivity contribution >= 4 is 12.0 Å². The predicted molar refractivity (Wildman–Crippen MR) is 70.2 cm³/mol. The molecule has 6 heteroatoms. The molecule has 0 aromatic heterocycles. The van der Waals surface area contributed by atoms with Crippen LogP contribution in [0.1, 0.15) is 13.3 Å². The fraction of sp³-hybridized carbons (Fsp3) is 0.385. The van der Waals surface area contributed by atoms with Gasteiger partial charge >= 0.3 is 12.0 Å². The van der Waals surface area contributed by atoms with Crippen molar-refractivity contribution in [1.82, 2.24) is 10.6 Å². The highest BCUT2D eigenvalue weighted by atomic mass is 16.5. The van der Waals surface area contributed by atoms with Gasteiger partial charge in [-0.15, -0.1) is 0 Å². The van der Waals surface area contributed by atoms with Gasteiger partial charge in [0, 0.05) is 6.54 Å². The van der Waals surface area contributed by atoms with Crippen LogP contribution in [0.2, 0.25) is 0 Å². The second-order valence-corrected chi connectivity index (χ2v) is 4.02. The lowest BCUT2D eigenvalue weighted by Crippen LogP contribution is -2.41. The van der Waals surface area contributed by atoms with Crippen LogP contribution in [0.4, 0.5) is 4.79 Å². The molecule has 1 aromatic carbocycles. The van der Waals surface area contributed by atoms with Gasteiger partial charge in [-0.3, -0.25) is 4.79 Å². The minimum Gasteiger partial charge on any atom is -0.489 e. The molecular formula is C13H18N2O4. The number of carboxylic acids is 1. The smallest absolute Gasteiger partial charge is 0.314 e. The van der Waals surface area contributed by atoms with E-state index in [0.29, 0.717) is 6.54 Å². The van der Waals surface area contributed by atoms with Crippen molar-refractivity contribution in [3.8, 4) is 5.75 Å². The van der Waals surface area contributed by atoms with Gasteiger partial charge in [-0.1, -0.05) is 18.2 Å². The summed E-state index contributed by atoms with van der Waals surface area (Å²) in [5, 5.41) is 13.5. The molecule has 1 atom stereocenters. The molecule has 0 bridgehead atoms. The third-order valence-electron chi connectivity index (χ3n) is 2.25. The summed E-state index contributed by atoms with van der Waals surface area (Å²) in [5.74, 6) is -0.204. The molecule has 0 fully saturated rings. The monoisotopic (exact) mass is 266 g/mol. The average Bonchev–Trinajstić information content (AvgIpc) is 2.37. The number of carbonyl (C=O) groups is 2. The van der Waals surface area contributed by atoms with Crippen LogP contribution in [-0.2, 0) is 4.79 Å². The number of urea groups is 1. The van der Waals surface area contributed by atoms with E-state index in [4.69, 9.17) is 9.84 Å². The van der Waals surface area contributed by atoms with Crippen LogP contribution in [0.5, 0.6) is 5.75 Å². The first-order valence-electron chi connectivity index (χ1n) is 6.03. The largest absolute Gasteiger partial charge is 0.489 e. The Morgan fingerprint density at radius 2 is 1.95 bits per heavy atom. The van der Waals surface area contributed by atoms with Crippen LogP contribution in [0.15, 0.2) is 30.3 Å². The Kier molecular flexibility index (Phi) is 6.21. The number of nitrogens with one attached hydrogen (secondary N) is 2. The van der Waals surface area contributed by atoms with Gasteiger partial charge in [-0.2, -0.15) is 0 Å². The van der Waals surface area contributed by atoms with Crippen molar-refractivity contribution < 1.29 is 19.4 Å². The number of amides is 2. The number of rotatable bonds is 7. The molecule has 0 saturated carbocycles. The van der Waals surface area contributed by atoms with Crippen molar-refractivity contribution in [2.24, 2.45) is 0 Å². The standard InChI is InChI=1S/C13H18N2O4/c1-10(19-11-5-3-2-4-6-11)9-15-13(18)14-8-7-12(16)17/h2-6,10H,7-9H2,1H3,(H,16,17)(H2,14,15,18). The predicted octanol–water partition coefficient (Wildman–Crippen LogP) is 1.23. The first kappa shape index (κ1) is 14.8. The highest BCUT2D eigenvalue weighted by molar-refractivity contribution is 5.74. The summed E-state index contributed by atoms with van der Waals surface area (Å²) in [7, 11) is 0.